The van der Waals surface area contributed by atoms with Crippen molar-refractivity contribution in [3.63, 3.8) is 0 Å². The number of amides is 1. The van der Waals surface area contributed by atoms with E-state index >= 15 is 0 Å². The van der Waals surface area contributed by atoms with Gasteiger partial charge in [-0.25, -0.2) is 0 Å². The first-order valence-electron chi connectivity index (χ1n) is 4.95. The van der Waals surface area contributed by atoms with Crippen LogP contribution in [0.3, 0.4) is 0 Å². The number of aliphatic hydroxyl groups is 2. The molecule has 1 amide bonds. The Morgan fingerprint density at radius 1 is 1.56 bits per heavy atom. The number of aromatic nitrogens is 2. The van der Waals surface area contributed by atoms with Crippen molar-refractivity contribution in [1.29, 1.82) is 0 Å². The largest absolute Gasteiger partial charge is 0.394 e. The minimum absolute atomic E-state index is 0.0186. The van der Waals surface area contributed by atoms with Crippen LogP contribution in [0.4, 0.5) is 0 Å². The predicted molar refractivity (Wildman–Crippen MR) is 59.4 cm³/mol. The minimum Gasteiger partial charge on any atom is -0.394 e. The minimum atomic E-state index is -0.938. The van der Waals surface area contributed by atoms with Gasteiger partial charge in [0.1, 0.15) is 4.88 Å². The molecule has 0 radical (unpaired) electrons. The molecule has 1 rings (SSSR count). The maximum atomic E-state index is 11.7. The van der Waals surface area contributed by atoms with Crippen LogP contribution in [0.25, 0.3) is 0 Å². The van der Waals surface area contributed by atoms with E-state index in [1.54, 1.807) is 0 Å². The van der Waals surface area contributed by atoms with Gasteiger partial charge in [-0.15, -0.1) is 5.10 Å². The SMILES string of the molecule is CC(C)c1nnsc1C(=O)NCC(O)CO. The highest BCUT2D eigenvalue weighted by Crippen LogP contribution is 2.19. The quantitative estimate of drug-likeness (QED) is 0.664. The molecule has 7 heteroatoms. The summed E-state index contributed by atoms with van der Waals surface area (Å²) in [5, 5.41) is 24.1. The van der Waals surface area contributed by atoms with Gasteiger partial charge >= 0.3 is 0 Å². The molecule has 16 heavy (non-hydrogen) atoms. The fourth-order valence-corrected chi connectivity index (χ4v) is 1.82. The van der Waals surface area contributed by atoms with Gasteiger partial charge in [-0.2, -0.15) is 0 Å². The van der Waals surface area contributed by atoms with Crippen molar-refractivity contribution in [3.8, 4) is 0 Å². The summed E-state index contributed by atoms with van der Waals surface area (Å²) in [6, 6.07) is 0. The highest BCUT2D eigenvalue weighted by molar-refractivity contribution is 7.08. The Kier molecular flexibility index (Phi) is 4.78. The molecule has 0 aromatic carbocycles. The molecule has 1 aromatic heterocycles. The molecule has 0 spiro atoms. The summed E-state index contributed by atoms with van der Waals surface area (Å²) in [5.74, 6) is -0.187. The van der Waals surface area contributed by atoms with Gasteiger partial charge in [-0.3, -0.25) is 4.79 Å². The maximum absolute atomic E-state index is 11.7. The van der Waals surface area contributed by atoms with Crippen molar-refractivity contribution in [2.24, 2.45) is 0 Å². The van der Waals surface area contributed by atoms with Gasteiger partial charge in [0.25, 0.3) is 5.91 Å². The van der Waals surface area contributed by atoms with Crippen LogP contribution in [-0.2, 0) is 0 Å². The maximum Gasteiger partial charge on any atom is 0.265 e. The summed E-state index contributed by atoms with van der Waals surface area (Å²) >= 11 is 1.03. The number of nitrogens with one attached hydrogen (secondary N) is 1. The molecule has 6 nitrogen and oxygen atoms in total. The fraction of sp³-hybridized carbons (Fsp3) is 0.667. The monoisotopic (exact) mass is 245 g/mol. The van der Waals surface area contributed by atoms with Crippen molar-refractivity contribution in [2.75, 3.05) is 13.2 Å². The molecular formula is C9H15N3O3S. The molecule has 1 aromatic rings. The Bertz CT molecular complexity index is 354. The van der Waals surface area contributed by atoms with Crippen LogP contribution < -0.4 is 5.32 Å². The first-order valence-corrected chi connectivity index (χ1v) is 5.73. The second-order valence-electron chi connectivity index (χ2n) is 3.69. The van der Waals surface area contributed by atoms with Gasteiger partial charge < -0.3 is 15.5 Å². The highest BCUT2D eigenvalue weighted by atomic mass is 32.1. The zero-order valence-electron chi connectivity index (χ0n) is 9.17. The third-order valence-electron chi connectivity index (χ3n) is 1.98. The normalized spacial score (nSPS) is 12.8. The summed E-state index contributed by atoms with van der Waals surface area (Å²) in [7, 11) is 0. The zero-order valence-corrected chi connectivity index (χ0v) is 9.99. The molecule has 0 saturated carbocycles. The van der Waals surface area contributed by atoms with Crippen molar-refractivity contribution in [3.05, 3.63) is 10.6 Å². The lowest BCUT2D eigenvalue weighted by atomic mass is 10.1. The van der Waals surface area contributed by atoms with Crippen LogP contribution in [0.2, 0.25) is 0 Å². The van der Waals surface area contributed by atoms with Crippen molar-refractivity contribution in [1.82, 2.24) is 14.9 Å². The van der Waals surface area contributed by atoms with E-state index < -0.39 is 6.10 Å². The van der Waals surface area contributed by atoms with E-state index in [2.05, 4.69) is 14.9 Å². The van der Waals surface area contributed by atoms with Crippen LogP contribution in [0, 0.1) is 0 Å². The van der Waals surface area contributed by atoms with Gasteiger partial charge in [0.05, 0.1) is 18.4 Å². The molecule has 0 aliphatic carbocycles. The summed E-state index contributed by atoms with van der Waals surface area (Å²) in [6.45, 7) is 3.50. The molecule has 0 fully saturated rings. The molecule has 0 bridgehead atoms. The predicted octanol–water partition coefficient (Wildman–Crippen LogP) is -0.255. The average Bonchev–Trinajstić information content (AvgIpc) is 2.74. The first-order chi connectivity index (χ1) is 7.56. The topological polar surface area (TPSA) is 95.3 Å². The van der Waals surface area contributed by atoms with E-state index in [1.165, 1.54) is 0 Å². The molecular weight excluding hydrogens is 230 g/mol. The second-order valence-corrected chi connectivity index (χ2v) is 4.44. The van der Waals surface area contributed by atoms with Crippen LogP contribution in [-0.4, -0.2) is 45.0 Å². The molecule has 1 unspecified atom stereocenters. The van der Waals surface area contributed by atoms with Crippen molar-refractivity contribution >= 4 is 17.4 Å². The van der Waals surface area contributed by atoms with E-state index in [-0.39, 0.29) is 25.0 Å². The lowest BCUT2D eigenvalue weighted by Crippen LogP contribution is -2.34. The van der Waals surface area contributed by atoms with Crippen LogP contribution in [0.15, 0.2) is 0 Å². The number of carbonyl (C=O) groups is 1. The van der Waals surface area contributed by atoms with Crippen molar-refractivity contribution in [2.45, 2.75) is 25.9 Å². The van der Waals surface area contributed by atoms with Gasteiger partial charge in [0.2, 0.25) is 0 Å². The second kappa shape index (κ2) is 5.88. The van der Waals surface area contributed by atoms with E-state index in [4.69, 9.17) is 10.2 Å². The smallest absolute Gasteiger partial charge is 0.265 e. The highest BCUT2D eigenvalue weighted by Gasteiger charge is 2.18. The lowest BCUT2D eigenvalue weighted by molar-refractivity contribution is 0.0803. The number of nitrogens with zero attached hydrogens (tertiary/aromatic N) is 2. The third kappa shape index (κ3) is 3.22. The summed E-state index contributed by atoms with van der Waals surface area (Å²) in [5.41, 5.74) is 0.654. The van der Waals surface area contributed by atoms with Gasteiger partial charge in [0, 0.05) is 6.54 Å². The Balaban J connectivity index is 2.62. The van der Waals surface area contributed by atoms with Gasteiger partial charge in [-0.05, 0) is 17.5 Å². The number of carbonyl (C=O) groups excluding carboxylic acids is 1. The Morgan fingerprint density at radius 2 is 2.25 bits per heavy atom. The number of rotatable bonds is 5. The summed E-state index contributed by atoms with van der Waals surface area (Å²) in [4.78, 5) is 12.1. The number of hydrogen-bond donors (Lipinski definition) is 3. The lowest BCUT2D eigenvalue weighted by Gasteiger charge is -2.08. The van der Waals surface area contributed by atoms with E-state index in [9.17, 15) is 4.79 Å². The van der Waals surface area contributed by atoms with Gasteiger partial charge in [-0.1, -0.05) is 18.3 Å². The van der Waals surface area contributed by atoms with E-state index in [1.807, 2.05) is 13.8 Å². The fourth-order valence-electron chi connectivity index (χ4n) is 1.09. The van der Waals surface area contributed by atoms with Gasteiger partial charge in [0.15, 0.2) is 0 Å². The van der Waals surface area contributed by atoms with E-state index in [0.717, 1.165) is 11.5 Å². The van der Waals surface area contributed by atoms with Crippen LogP contribution >= 0.6 is 11.5 Å². The molecule has 3 N–H and O–H groups in total. The first kappa shape index (κ1) is 13.0. The number of hydrogen-bond acceptors (Lipinski definition) is 6. The molecule has 90 valence electrons. The van der Waals surface area contributed by atoms with Crippen LogP contribution in [0.5, 0.6) is 0 Å². The number of aliphatic hydroxyl groups excluding tert-OH is 2. The van der Waals surface area contributed by atoms with Crippen LogP contribution in [0.1, 0.15) is 35.1 Å². The molecule has 0 aliphatic rings. The van der Waals surface area contributed by atoms with Crippen molar-refractivity contribution < 1.29 is 15.0 Å². The Morgan fingerprint density at radius 3 is 2.81 bits per heavy atom. The summed E-state index contributed by atoms with van der Waals surface area (Å²) in [6.07, 6.45) is -0.938. The third-order valence-corrected chi connectivity index (χ3v) is 2.72. The Labute approximate surface area is 97.5 Å². The molecule has 0 aliphatic heterocycles. The summed E-state index contributed by atoms with van der Waals surface area (Å²) < 4.78 is 3.73. The molecule has 1 heterocycles. The van der Waals surface area contributed by atoms with E-state index in [0.29, 0.717) is 10.6 Å². The molecule has 0 saturated heterocycles. The average molecular weight is 245 g/mol. The Hall–Kier alpha value is -1.05. The zero-order chi connectivity index (χ0) is 12.1. The standard InChI is InChI=1S/C9H15N3O3S/c1-5(2)7-8(16-12-11-7)9(15)10-3-6(14)4-13/h5-6,13-14H,3-4H2,1-2H3,(H,10,15). The molecule has 1 atom stereocenters.